The van der Waals surface area contributed by atoms with Crippen LogP contribution in [0.1, 0.15) is 6.42 Å². The zero-order valence-electron chi connectivity index (χ0n) is 15.1. The summed E-state index contributed by atoms with van der Waals surface area (Å²) in [6.45, 7) is 0. The van der Waals surface area contributed by atoms with Gasteiger partial charge in [-0.1, -0.05) is 36.0 Å². The topological polar surface area (TPSA) is 95.1 Å². The van der Waals surface area contributed by atoms with Crippen molar-refractivity contribution in [3.05, 3.63) is 63.6 Å². The minimum absolute atomic E-state index is 0.0979. The van der Waals surface area contributed by atoms with Crippen LogP contribution >= 0.6 is 34.4 Å². The quantitative estimate of drug-likeness (QED) is 0.254. The molecule has 3 aromatic heterocycles. The van der Waals surface area contributed by atoms with Crippen LogP contribution in [0.4, 0.5) is 0 Å². The Morgan fingerprint density at radius 1 is 1.10 bits per heavy atom. The van der Waals surface area contributed by atoms with E-state index in [2.05, 4.69) is 0 Å². The smallest absolute Gasteiger partial charge is 0.268 e. The van der Waals surface area contributed by atoms with E-state index < -0.39 is 10.0 Å². The summed E-state index contributed by atoms with van der Waals surface area (Å²) in [5, 5.41) is 10.2. The second-order valence-electron chi connectivity index (χ2n) is 6.25. The number of benzene rings is 1. The third-order valence-electron chi connectivity index (χ3n) is 4.18. The number of thiophene rings is 2. The van der Waals surface area contributed by atoms with E-state index in [1.807, 2.05) is 53.2 Å². The highest BCUT2D eigenvalue weighted by atomic mass is 32.2. The van der Waals surface area contributed by atoms with E-state index in [0.29, 0.717) is 27.5 Å². The van der Waals surface area contributed by atoms with Gasteiger partial charge in [0.2, 0.25) is 10.0 Å². The zero-order chi connectivity index (χ0) is 20.4. The van der Waals surface area contributed by atoms with Gasteiger partial charge in [0.25, 0.3) is 5.56 Å². The predicted octanol–water partition coefficient (Wildman–Crippen LogP) is 3.95. The van der Waals surface area contributed by atoms with Crippen molar-refractivity contribution in [1.82, 2.24) is 9.55 Å². The number of hydrogen-bond acceptors (Lipinski definition) is 7. The lowest BCUT2D eigenvalue weighted by atomic mass is 10.2. The van der Waals surface area contributed by atoms with E-state index >= 15 is 0 Å². The van der Waals surface area contributed by atoms with Crippen LogP contribution in [0, 0.1) is 0 Å². The second kappa shape index (κ2) is 8.41. The first kappa shape index (κ1) is 20.3. The van der Waals surface area contributed by atoms with Crippen molar-refractivity contribution in [2.45, 2.75) is 11.6 Å². The zero-order valence-corrected chi connectivity index (χ0v) is 18.4. The molecule has 0 aliphatic rings. The summed E-state index contributed by atoms with van der Waals surface area (Å²) in [5.74, 6) is 0.393. The summed E-state index contributed by atoms with van der Waals surface area (Å²) in [5.41, 5.74) is 1.50. The SMILES string of the molecule is NS(=O)(=O)CCCSc1nc2scc(-c3cccs3)c2c(=O)n1-c1ccccc1. The van der Waals surface area contributed by atoms with Gasteiger partial charge >= 0.3 is 0 Å². The maximum absolute atomic E-state index is 13.5. The number of nitrogens with zero attached hydrogens (tertiary/aromatic N) is 2. The molecule has 4 aromatic rings. The van der Waals surface area contributed by atoms with Crippen LogP contribution < -0.4 is 10.7 Å². The number of nitrogens with two attached hydrogens (primary N) is 1. The molecule has 0 saturated carbocycles. The highest BCUT2D eigenvalue weighted by Crippen LogP contribution is 2.35. The summed E-state index contributed by atoms with van der Waals surface area (Å²) in [6, 6.07) is 13.3. The molecule has 1 aromatic carbocycles. The molecular formula is C19H17N3O3S4. The fourth-order valence-corrected chi connectivity index (χ4v) is 6.39. The van der Waals surface area contributed by atoms with Crippen molar-refractivity contribution < 1.29 is 8.42 Å². The number of para-hydroxylation sites is 1. The molecule has 150 valence electrons. The molecule has 0 unspecified atom stereocenters. The highest BCUT2D eigenvalue weighted by molar-refractivity contribution is 7.99. The summed E-state index contributed by atoms with van der Waals surface area (Å²) in [7, 11) is -3.50. The van der Waals surface area contributed by atoms with Crippen molar-refractivity contribution in [2.75, 3.05) is 11.5 Å². The Labute approximate surface area is 180 Å². The Bertz CT molecular complexity index is 1290. The molecule has 10 heteroatoms. The third-order valence-corrected chi connectivity index (χ3v) is 7.84. The van der Waals surface area contributed by atoms with Crippen molar-refractivity contribution in [3.63, 3.8) is 0 Å². The van der Waals surface area contributed by atoms with E-state index in [1.165, 1.54) is 23.1 Å². The minimum Gasteiger partial charge on any atom is -0.268 e. The lowest BCUT2D eigenvalue weighted by Gasteiger charge is -2.12. The van der Waals surface area contributed by atoms with Crippen molar-refractivity contribution in [3.8, 4) is 16.1 Å². The molecule has 0 radical (unpaired) electrons. The first-order valence-electron chi connectivity index (χ1n) is 8.71. The highest BCUT2D eigenvalue weighted by Gasteiger charge is 2.19. The molecule has 4 rings (SSSR count). The van der Waals surface area contributed by atoms with Crippen LogP contribution in [0.25, 0.3) is 26.3 Å². The predicted molar refractivity (Wildman–Crippen MR) is 122 cm³/mol. The third kappa shape index (κ3) is 4.46. The maximum atomic E-state index is 13.5. The Balaban J connectivity index is 1.81. The lowest BCUT2D eigenvalue weighted by Crippen LogP contribution is -2.22. The molecule has 0 saturated heterocycles. The monoisotopic (exact) mass is 463 g/mol. The van der Waals surface area contributed by atoms with Crippen LogP contribution in [-0.4, -0.2) is 29.5 Å². The molecule has 3 heterocycles. The maximum Gasteiger partial charge on any atom is 0.268 e. The van der Waals surface area contributed by atoms with Gasteiger partial charge in [-0.3, -0.25) is 9.36 Å². The molecule has 0 amide bonds. The largest absolute Gasteiger partial charge is 0.268 e. The molecule has 0 bridgehead atoms. The minimum atomic E-state index is -3.50. The van der Waals surface area contributed by atoms with E-state index in [1.54, 1.807) is 15.9 Å². The van der Waals surface area contributed by atoms with Gasteiger partial charge in [-0.15, -0.1) is 22.7 Å². The van der Waals surface area contributed by atoms with Gasteiger partial charge in [0.05, 0.1) is 16.8 Å². The number of rotatable bonds is 7. The summed E-state index contributed by atoms with van der Waals surface area (Å²) >= 11 is 4.39. The van der Waals surface area contributed by atoms with Crippen molar-refractivity contribution in [1.29, 1.82) is 0 Å². The summed E-state index contributed by atoms with van der Waals surface area (Å²) in [4.78, 5) is 20.0. The van der Waals surface area contributed by atoms with Gasteiger partial charge in [0.1, 0.15) is 4.83 Å². The molecule has 0 fully saturated rings. The normalized spacial score (nSPS) is 11.9. The average Bonchev–Trinajstić information content (AvgIpc) is 3.35. The fraction of sp³-hybridized carbons (Fsp3) is 0.158. The molecule has 6 nitrogen and oxygen atoms in total. The summed E-state index contributed by atoms with van der Waals surface area (Å²) in [6.07, 6.45) is 0.386. The number of hydrogen-bond donors (Lipinski definition) is 1. The molecule has 0 spiro atoms. The first-order chi connectivity index (χ1) is 13.9. The van der Waals surface area contributed by atoms with Crippen LogP contribution in [0.5, 0.6) is 0 Å². The van der Waals surface area contributed by atoms with E-state index in [-0.39, 0.29) is 11.3 Å². The number of fused-ring (bicyclic) bond motifs is 1. The van der Waals surface area contributed by atoms with Gasteiger partial charge in [0.15, 0.2) is 5.16 Å². The Kier molecular flexibility index (Phi) is 5.88. The van der Waals surface area contributed by atoms with Gasteiger partial charge in [-0.2, -0.15) is 0 Å². The Morgan fingerprint density at radius 2 is 1.90 bits per heavy atom. The Morgan fingerprint density at radius 3 is 2.59 bits per heavy atom. The van der Waals surface area contributed by atoms with Crippen LogP contribution in [-0.2, 0) is 10.0 Å². The van der Waals surface area contributed by atoms with E-state index in [4.69, 9.17) is 10.1 Å². The van der Waals surface area contributed by atoms with Crippen molar-refractivity contribution >= 4 is 54.7 Å². The van der Waals surface area contributed by atoms with Gasteiger partial charge in [-0.25, -0.2) is 18.5 Å². The number of thioether (sulfide) groups is 1. The fourth-order valence-electron chi connectivity index (χ4n) is 2.91. The molecule has 29 heavy (non-hydrogen) atoms. The second-order valence-corrected chi connectivity index (χ2v) is 10.8. The Hall–Kier alpha value is -1.98. The number of primary sulfonamides is 1. The van der Waals surface area contributed by atoms with E-state index in [9.17, 15) is 13.2 Å². The number of aromatic nitrogens is 2. The molecule has 0 aliphatic heterocycles. The summed E-state index contributed by atoms with van der Waals surface area (Å²) < 4.78 is 24.0. The molecule has 2 N–H and O–H groups in total. The number of sulfonamides is 1. The van der Waals surface area contributed by atoms with Gasteiger partial charge in [-0.05, 0) is 30.0 Å². The van der Waals surface area contributed by atoms with Crippen molar-refractivity contribution in [2.24, 2.45) is 5.14 Å². The first-order valence-corrected chi connectivity index (χ1v) is 13.2. The molecule has 0 aliphatic carbocycles. The van der Waals surface area contributed by atoms with Crippen LogP contribution in [0.3, 0.4) is 0 Å². The standard InChI is InChI=1S/C19H17N3O3S4/c20-29(24,25)11-5-10-27-19-21-17-16(14(12-28-17)15-8-4-9-26-15)18(23)22(19)13-6-2-1-3-7-13/h1-4,6-9,12H,5,10-11H2,(H2,20,24,25). The van der Waals surface area contributed by atoms with Gasteiger partial charge in [0, 0.05) is 21.6 Å². The van der Waals surface area contributed by atoms with E-state index in [0.717, 1.165) is 16.1 Å². The van der Waals surface area contributed by atoms with Crippen LogP contribution in [0.15, 0.2) is 63.2 Å². The molecule has 0 atom stereocenters. The molecular weight excluding hydrogens is 446 g/mol. The lowest BCUT2D eigenvalue weighted by molar-refractivity contribution is 0.596. The average molecular weight is 464 g/mol. The van der Waals surface area contributed by atoms with Crippen LogP contribution in [0.2, 0.25) is 0 Å². The van der Waals surface area contributed by atoms with Gasteiger partial charge < -0.3 is 0 Å².